The molecule has 120 valence electrons. The molecule has 0 radical (unpaired) electrons. The van der Waals surface area contributed by atoms with Gasteiger partial charge in [0.1, 0.15) is 11.6 Å². The minimum absolute atomic E-state index is 0.0293. The molecule has 5 heteroatoms. The zero-order chi connectivity index (χ0) is 16.2. The van der Waals surface area contributed by atoms with Gasteiger partial charge in [-0.2, -0.15) is 0 Å². The normalized spacial score (nSPS) is 13.3. The second-order valence-corrected chi connectivity index (χ2v) is 6.01. The van der Waals surface area contributed by atoms with Crippen LogP contribution in [0.2, 0.25) is 5.02 Å². The Labute approximate surface area is 139 Å². The largest absolute Gasteiger partial charge is 0.484 e. The number of anilines is 1. The monoisotopic (exact) mass is 333 g/mol. The maximum absolute atomic E-state index is 13.1. The van der Waals surface area contributed by atoms with Gasteiger partial charge in [0.25, 0.3) is 5.91 Å². The highest BCUT2D eigenvalue weighted by Crippen LogP contribution is 2.25. The topological polar surface area (TPSA) is 38.3 Å². The van der Waals surface area contributed by atoms with Gasteiger partial charge in [-0.25, -0.2) is 4.39 Å². The summed E-state index contributed by atoms with van der Waals surface area (Å²) >= 11 is 5.68. The third-order valence-electron chi connectivity index (χ3n) is 3.89. The van der Waals surface area contributed by atoms with E-state index in [2.05, 4.69) is 11.4 Å². The molecule has 1 N–H and O–H groups in total. The van der Waals surface area contributed by atoms with Gasteiger partial charge in [-0.1, -0.05) is 17.7 Å². The van der Waals surface area contributed by atoms with E-state index in [0.29, 0.717) is 11.4 Å². The lowest BCUT2D eigenvalue weighted by Gasteiger charge is -2.16. The van der Waals surface area contributed by atoms with Crippen LogP contribution < -0.4 is 10.1 Å². The molecule has 3 rings (SSSR count). The van der Waals surface area contributed by atoms with Crippen molar-refractivity contribution in [1.29, 1.82) is 0 Å². The van der Waals surface area contributed by atoms with Crippen LogP contribution in [0.15, 0.2) is 36.4 Å². The van der Waals surface area contributed by atoms with Crippen LogP contribution in [0, 0.1) is 5.82 Å². The van der Waals surface area contributed by atoms with Gasteiger partial charge in [-0.05, 0) is 67.1 Å². The first kappa shape index (κ1) is 15.8. The van der Waals surface area contributed by atoms with Crippen molar-refractivity contribution >= 4 is 23.2 Å². The molecule has 2 aromatic rings. The summed E-state index contributed by atoms with van der Waals surface area (Å²) in [6.07, 6.45) is 4.60. The Morgan fingerprint density at radius 3 is 2.70 bits per heavy atom. The Hall–Kier alpha value is -2.07. The summed E-state index contributed by atoms with van der Waals surface area (Å²) in [5.74, 6) is -0.140. The summed E-state index contributed by atoms with van der Waals surface area (Å²) in [7, 11) is 0. The average molecular weight is 334 g/mol. The van der Waals surface area contributed by atoms with E-state index in [1.807, 2.05) is 12.1 Å². The smallest absolute Gasteiger partial charge is 0.262 e. The molecular weight excluding hydrogens is 317 g/mol. The van der Waals surface area contributed by atoms with E-state index in [0.717, 1.165) is 12.8 Å². The number of nitrogens with one attached hydrogen (secondary N) is 1. The van der Waals surface area contributed by atoms with E-state index < -0.39 is 5.82 Å². The number of rotatable bonds is 4. The van der Waals surface area contributed by atoms with Crippen LogP contribution in [-0.2, 0) is 17.6 Å². The molecule has 0 atom stereocenters. The van der Waals surface area contributed by atoms with Gasteiger partial charge in [0.05, 0.1) is 5.02 Å². The molecule has 0 heterocycles. The molecule has 0 spiro atoms. The van der Waals surface area contributed by atoms with Crippen LogP contribution >= 0.6 is 11.6 Å². The maximum atomic E-state index is 13.1. The minimum atomic E-state index is -0.519. The van der Waals surface area contributed by atoms with Crippen molar-refractivity contribution in [2.24, 2.45) is 0 Å². The molecule has 2 aromatic carbocycles. The fourth-order valence-electron chi connectivity index (χ4n) is 2.72. The van der Waals surface area contributed by atoms with E-state index in [4.69, 9.17) is 16.3 Å². The molecular formula is C18H17ClFNO2. The number of aryl methyl sites for hydroxylation is 2. The first-order valence-electron chi connectivity index (χ1n) is 7.61. The number of amides is 1. The molecule has 3 nitrogen and oxygen atoms in total. The standard InChI is InChI=1S/C18H17ClFNO2/c19-16-10-14(6-8-17(16)20)21-18(22)11-23-15-7-5-12-3-1-2-4-13(12)9-15/h5-10H,1-4,11H2,(H,21,22). The third kappa shape index (κ3) is 4.02. The Balaban J connectivity index is 1.57. The first-order chi connectivity index (χ1) is 11.1. The van der Waals surface area contributed by atoms with Crippen LogP contribution in [0.3, 0.4) is 0 Å². The Morgan fingerprint density at radius 2 is 1.91 bits per heavy atom. The summed E-state index contributed by atoms with van der Waals surface area (Å²) in [4.78, 5) is 11.9. The summed E-state index contributed by atoms with van der Waals surface area (Å²) in [6, 6.07) is 10.0. The van der Waals surface area contributed by atoms with Crippen molar-refractivity contribution in [3.8, 4) is 5.75 Å². The van der Waals surface area contributed by atoms with Crippen LogP contribution in [0.1, 0.15) is 24.0 Å². The van der Waals surface area contributed by atoms with Gasteiger partial charge in [0, 0.05) is 5.69 Å². The predicted octanol–water partition coefficient (Wildman–Crippen LogP) is 4.38. The number of fused-ring (bicyclic) bond motifs is 1. The number of ether oxygens (including phenoxy) is 1. The number of hydrogen-bond acceptors (Lipinski definition) is 2. The number of hydrogen-bond donors (Lipinski definition) is 1. The fourth-order valence-corrected chi connectivity index (χ4v) is 2.90. The number of carbonyl (C=O) groups is 1. The molecule has 0 fully saturated rings. The van der Waals surface area contributed by atoms with E-state index >= 15 is 0 Å². The zero-order valence-electron chi connectivity index (χ0n) is 12.6. The zero-order valence-corrected chi connectivity index (χ0v) is 13.3. The Morgan fingerprint density at radius 1 is 1.13 bits per heavy atom. The lowest BCUT2D eigenvalue weighted by atomic mass is 9.92. The molecule has 0 saturated carbocycles. The van der Waals surface area contributed by atoms with Crippen molar-refractivity contribution in [2.75, 3.05) is 11.9 Å². The van der Waals surface area contributed by atoms with Gasteiger partial charge in [0.15, 0.2) is 6.61 Å². The summed E-state index contributed by atoms with van der Waals surface area (Å²) in [6.45, 7) is -0.103. The van der Waals surface area contributed by atoms with Crippen LogP contribution in [0.25, 0.3) is 0 Å². The van der Waals surface area contributed by atoms with Crippen molar-refractivity contribution < 1.29 is 13.9 Å². The molecule has 1 aliphatic carbocycles. The molecule has 1 aliphatic rings. The lowest BCUT2D eigenvalue weighted by Crippen LogP contribution is -2.20. The highest BCUT2D eigenvalue weighted by molar-refractivity contribution is 6.31. The van der Waals surface area contributed by atoms with Gasteiger partial charge >= 0.3 is 0 Å². The number of benzene rings is 2. The fraction of sp³-hybridized carbons (Fsp3) is 0.278. The quantitative estimate of drug-likeness (QED) is 0.902. The van der Waals surface area contributed by atoms with E-state index in [9.17, 15) is 9.18 Å². The van der Waals surface area contributed by atoms with Crippen LogP contribution in [0.4, 0.5) is 10.1 Å². The lowest BCUT2D eigenvalue weighted by molar-refractivity contribution is -0.118. The van der Waals surface area contributed by atoms with Gasteiger partial charge in [-0.15, -0.1) is 0 Å². The van der Waals surface area contributed by atoms with E-state index in [1.165, 1.54) is 42.2 Å². The van der Waals surface area contributed by atoms with Crippen LogP contribution in [0.5, 0.6) is 5.75 Å². The van der Waals surface area contributed by atoms with Crippen LogP contribution in [-0.4, -0.2) is 12.5 Å². The molecule has 0 saturated heterocycles. The molecule has 1 amide bonds. The van der Waals surface area contributed by atoms with Gasteiger partial charge in [-0.3, -0.25) is 4.79 Å². The summed E-state index contributed by atoms with van der Waals surface area (Å²) < 4.78 is 18.6. The van der Waals surface area contributed by atoms with Crippen molar-refractivity contribution in [3.05, 3.63) is 58.4 Å². The van der Waals surface area contributed by atoms with Crippen molar-refractivity contribution in [2.45, 2.75) is 25.7 Å². The Bertz CT molecular complexity index is 733. The molecule has 23 heavy (non-hydrogen) atoms. The van der Waals surface area contributed by atoms with Gasteiger partial charge < -0.3 is 10.1 Å². The summed E-state index contributed by atoms with van der Waals surface area (Å²) in [5.41, 5.74) is 3.11. The first-order valence-corrected chi connectivity index (χ1v) is 7.99. The van der Waals surface area contributed by atoms with E-state index in [-0.39, 0.29) is 17.5 Å². The predicted molar refractivity (Wildman–Crippen MR) is 88.6 cm³/mol. The van der Waals surface area contributed by atoms with Gasteiger partial charge in [0.2, 0.25) is 0 Å². The second-order valence-electron chi connectivity index (χ2n) is 5.60. The number of carbonyl (C=O) groups excluding carboxylic acids is 1. The third-order valence-corrected chi connectivity index (χ3v) is 4.18. The maximum Gasteiger partial charge on any atom is 0.262 e. The van der Waals surface area contributed by atoms with Crippen molar-refractivity contribution in [3.63, 3.8) is 0 Å². The van der Waals surface area contributed by atoms with E-state index in [1.54, 1.807) is 0 Å². The molecule has 0 unspecified atom stereocenters. The van der Waals surface area contributed by atoms with Crippen molar-refractivity contribution in [1.82, 2.24) is 0 Å². The highest BCUT2D eigenvalue weighted by atomic mass is 35.5. The highest BCUT2D eigenvalue weighted by Gasteiger charge is 2.11. The SMILES string of the molecule is O=C(COc1ccc2c(c1)CCCC2)Nc1ccc(F)c(Cl)c1. The number of halogens is 2. The second kappa shape index (κ2) is 7.01. The Kier molecular flexibility index (Phi) is 4.82. The molecule has 0 aliphatic heterocycles. The average Bonchev–Trinajstić information content (AvgIpc) is 2.56. The summed E-state index contributed by atoms with van der Waals surface area (Å²) in [5, 5.41) is 2.60. The minimum Gasteiger partial charge on any atom is -0.484 e. The molecule has 0 aromatic heterocycles. The molecule has 0 bridgehead atoms.